The molecule has 0 aromatic carbocycles. The van der Waals surface area contributed by atoms with E-state index in [2.05, 4.69) is 19.2 Å². The van der Waals surface area contributed by atoms with Gasteiger partial charge in [0, 0.05) is 18.8 Å². The van der Waals surface area contributed by atoms with Crippen LogP contribution < -0.4 is 5.32 Å². The van der Waals surface area contributed by atoms with Gasteiger partial charge in [0.25, 0.3) is 0 Å². The zero-order valence-electron chi connectivity index (χ0n) is 12.2. The number of aliphatic hydroxyl groups is 1. The van der Waals surface area contributed by atoms with Crippen LogP contribution in [-0.2, 0) is 4.74 Å². The summed E-state index contributed by atoms with van der Waals surface area (Å²) in [6, 6.07) is 0. The molecule has 0 aliphatic heterocycles. The topological polar surface area (TPSA) is 41.5 Å². The predicted molar refractivity (Wildman–Crippen MR) is 75.8 cm³/mol. The van der Waals surface area contributed by atoms with Crippen LogP contribution in [0.2, 0.25) is 0 Å². The molecule has 18 heavy (non-hydrogen) atoms. The molecule has 1 fully saturated rings. The third kappa shape index (κ3) is 4.52. The van der Waals surface area contributed by atoms with Crippen molar-refractivity contribution >= 4 is 0 Å². The standard InChI is InChI=1S/C15H31NO2/c1-3-5-6-11-18-12-9-14-8-7-10-15(14,13-17)16-4-2/h14,16-17H,3-13H2,1-2H3. The van der Waals surface area contributed by atoms with Crippen LogP contribution in [0.1, 0.15) is 58.8 Å². The molecule has 3 nitrogen and oxygen atoms in total. The highest BCUT2D eigenvalue weighted by Gasteiger charge is 2.41. The van der Waals surface area contributed by atoms with Crippen LogP contribution in [0.15, 0.2) is 0 Å². The van der Waals surface area contributed by atoms with Crippen LogP contribution in [0.25, 0.3) is 0 Å². The Labute approximate surface area is 112 Å². The number of nitrogens with one attached hydrogen (secondary N) is 1. The summed E-state index contributed by atoms with van der Waals surface area (Å²) >= 11 is 0. The van der Waals surface area contributed by atoms with Crippen molar-refractivity contribution < 1.29 is 9.84 Å². The Morgan fingerprint density at radius 3 is 2.78 bits per heavy atom. The van der Waals surface area contributed by atoms with E-state index in [4.69, 9.17) is 4.74 Å². The van der Waals surface area contributed by atoms with Gasteiger partial charge in [0.1, 0.15) is 0 Å². The van der Waals surface area contributed by atoms with E-state index in [1.807, 2.05) is 0 Å². The maximum Gasteiger partial charge on any atom is 0.0616 e. The lowest BCUT2D eigenvalue weighted by atomic mass is 9.85. The van der Waals surface area contributed by atoms with Crippen molar-refractivity contribution in [3.05, 3.63) is 0 Å². The first-order chi connectivity index (χ1) is 8.79. The Morgan fingerprint density at radius 2 is 2.11 bits per heavy atom. The summed E-state index contributed by atoms with van der Waals surface area (Å²) in [6.07, 6.45) is 8.35. The van der Waals surface area contributed by atoms with Gasteiger partial charge in [0.2, 0.25) is 0 Å². The van der Waals surface area contributed by atoms with Crippen LogP contribution in [0.4, 0.5) is 0 Å². The van der Waals surface area contributed by atoms with Crippen LogP contribution in [0.5, 0.6) is 0 Å². The summed E-state index contributed by atoms with van der Waals surface area (Å²) < 4.78 is 5.70. The van der Waals surface area contributed by atoms with Gasteiger partial charge in [-0.25, -0.2) is 0 Å². The fourth-order valence-corrected chi connectivity index (χ4v) is 3.20. The normalized spacial score (nSPS) is 27.8. The van der Waals surface area contributed by atoms with Gasteiger partial charge in [-0.2, -0.15) is 0 Å². The Balaban J connectivity index is 2.23. The first-order valence-corrected chi connectivity index (χ1v) is 7.72. The second kappa shape index (κ2) is 8.89. The van der Waals surface area contributed by atoms with Gasteiger partial charge >= 0.3 is 0 Å². The third-order valence-corrected chi connectivity index (χ3v) is 4.27. The lowest BCUT2D eigenvalue weighted by Gasteiger charge is -2.34. The van der Waals surface area contributed by atoms with E-state index >= 15 is 0 Å². The van der Waals surface area contributed by atoms with Crippen molar-refractivity contribution in [2.75, 3.05) is 26.4 Å². The molecular weight excluding hydrogens is 226 g/mol. The van der Waals surface area contributed by atoms with Gasteiger partial charge < -0.3 is 15.2 Å². The second-order valence-corrected chi connectivity index (χ2v) is 5.54. The molecule has 2 atom stereocenters. The summed E-state index contributed by atoms with van der Waals surface area (Å²) in [5, 5.41) is 13.2. The number of hydrogen-bond donors (Lipinski definition) is 2. The van der Waals surface area contributed by atoms with E-state index in [9.17, 15) is 5.11 Å². The average Bonchev–Trinajstić information content (AvgIpc) is 2.78. The molecule has 0 saturated heterocycles. The lowest BCUT2D eigenvalue weighted by molar-refractivity contribution is 0.0783. The smallest absolute Gasteiger partial charge is 0.0616 e. The molecule has 108 valence electrons. The quantitative estimate of drug-likeness (QED) is 0.591. The summed E-state index contributed by atoms with van der Waals surface area (Å²) in [6.45, 7) is 7.28. The molecule has 1 aliphatic carbocycles. The van der Waals surface area contributed by atoms with Gasteiger partial charge in [-0.05, 0) is 38.1 Å². The van der Waals surface area contributed by atoms with Crippen molar-refractivity contribution in [3.8, 4) is 0 Å². The second-order valence-electron chi connectivity index (χ2n) is 5.54. The third-order valence-electron chi connectivity index (χ3n) is 4.27. The van der Waals surface area contributed by atoms with Crippen LogP contribution in [-0.4, -0.2) is 37.0 Å². The van der Waals surface area contributed by atoms with E-state index < -0.39 is 0 Å². The largest absolute Gasteiger partial charge is 0.394 e. The first kappa shape index (κ1) is 15.9. The van der Waals surface area contributed by atoms with Gasteiger partial charge in [-0.3, -0.25) is 0 Å². The zero-order chi connectivity index (χ0) is 13.3. The summed E-state index contributed by atoms with van der Waals surface area (Å²) in [5.74, 6) is 0.577. The Morgan fingerprint density at radius 1 is 1.28 bits per heavy atom. The highest BCUT2D eigenvalue weighted by Crippen LogP contribution is 2.37. The van der Waals surface area contributed by atoms with Crippen molar-refractivity contribution in [2.24, 2.45) is 5.92 Å². The number of likely N-dealkylation sites (N-methyl/N-ethyl adjacent to an activating group) is 1. The highest BCUT2D eigenvalue weighted by atomic mass is 16.5. The molecule has 0 aromatic rings. The number of ether oxygens (including phenoxy) is 1. The summed E-state index contributed by atoms with van der Waals surface area (Å²) in [7, 11) is 0. The highest BCUT2D eigenvalue weighted by molar-refractivity contribution is 4.98. The minimum Gasteiger partial charge on any atom is -0.394 e. The van der Waals surface area contributed by atoms with Gasteiger partial charge in [0.05, 0.1) is 6.61 Å². The Kier molecular flexibility index (Phi) is 7.87. The minimum absolute atomic E-state index is 0.0263. The molecule has 0 aromatic heterocycles. The predicted octanol–water partition coefficient (Wildman–Crippen LogP) is 2.72. The van der Waals surface area contributed by atoms with Crippen LogP contribution in [0.3, 0.4) is 0 Å². The van der Waals surface area contributed by atoms with Crippen molar-refractivity contribution in [3.63, 3.8) is 0 Å². The molecule has 0 heterocycles. The van der Waals surface area contributed by atoms with Crippen LogP contribution >= 0.6 is 0 Å². The fraction of sp³-hybridized carbons (Fsp3) is 1.00. The summed E-state index contributed by atoms with van der Waals surface area (Å²) in [4.78, 5) is 0. The zero-order valence-corrected chi connectivity index (χ0v) is 12.2. The number of hydrogen-bond acceptors (Lipinski definition) is 3. The fourth-order valence-electron chi connectivity index (χ4n) is 3.20. The SMILES string of the molecule is CCCCCOCCC1CCCC1(CO)NCC. The van der Waals surface area contributed by atoms with E-state index in [0.29, 0.717) is 5.92 Å². The van der Waals surface area contributed by atoms with Gasteiger partial charge in [-0.15, -0.1) is 0 Å². The molecule has 1 rings (SSSR count). The first-order valence-electron chi connectivity index (χ1n) is 7.72. The molecular formula is C15H31NO2. The minimum atomic E-state index is -0.0263. The van der Waals surface area contributed by atoms with E-state index in [-0.39, 0.29) is 12.1 Å². The van der Waals surface area contributed by atoms with E-state index in [1.54, 1.807) is 0 Å². The molecule has 0 radical (unpaired) electrons. The molecule has 2 N–H and O–H groups in total. The summed E-state index contributed by atoms with van der Waals surface area (Å²) in [5.41, 5.74) is -0.0263. The van der Waals surface area contributed by atoms with Crippen LogP contribution in [0, 0.1) is 5.92 Å². The van der Waals surface area contributed by atoms with E-state index in [1.165, 1.54) is 32.1 Å². The molecule has 3 heteroatoms. The van der Waals surface area contributed by atoms with Gasteiger partial charge in [-0.1, -0.05) is 33.1 Å². The maximum absolute atomic E-state index is 9.69. The van der Waals surface area contributed by atoms with Crippen molar-refractivity contribution in [1.29, 1.82) is 0 Å². The van der Waals surface area contributed by atoms with Crippen molar-refractivity contribution in [1.82, 2.24) is 5.32 Å². The monoisotopic (exact) mass is 257 g/mol. The molecule has 0 bridgehead atoms. The molecule has 0 amide bonds. The lowest BCUT2D eigenvalue weighted by Crippen LogP contribution is -2.51. The maximum atomic E-state index is 9.69. The van der Waals surface area contributed by atoms with E-state index in [0.717, 1.165) is 32.6 Å². The Hall–Kier alpha value is -0.120. The molecule has 1 aliphatic rings. The van der Waals surface area contributed by atoms with Crippen molar-refractivity contribution in [2.45, 2.75) is 64.3 Å². The molecule has 1 saturated carbocycles. The molecule has 2 unspecified atom stereocenters. The van der Waals surface area contributed by atoms with Gasteiger partial charge in [0.15, 0.2) is 0 Å². The number of rotatable bonds is 10. The number of unbranched alkanes of at least 4 members (excludes halogenated alkanes) is 2. The Bertz CT molecular complexity index is 211. The number of aliphatic hydroxyl groups excluding tert-OH is 1. The molecule has 0 spiro atoms. The average molecular weight is 257 g/mol.